The van der Waals surface area contributed by atoms with Gasteiger partial charge in [-0.15, -0.1) is 0 Å². The van der Waals surface area contributed by atoms with E-state index in [1.54, 1.807) is 11.7 Å². The molecule has 232 valence electrons. The summed E-state index contributed by atoms with van der Waals surface area (Å²) in [5.74, 6) is 0.626. The van der Waals surface area contributed by atoms with Gasteiger partial charge in [-0.05, 0) is 109 Å². The van der Waals surface area contributed by atoms with E-state index in [0.29, 0.717) is 23.6 Å². The van der Waals surface area contributed by atoms with Gasteiger partial charge in [0, 0.05) is 31.7 Å². The highest BCUT2D eigenvalue weighted by Crippen LogP contribution is 2.42. The van der Waals surface area contributed by atoms with Crippen LogP contribution in [0.25, 0.3) is 16.8 Å². The van der Waals surface area contributed by atoms with Crippen molar-refractivity contribution < 1.29 is 14.7 Å². The highest BCUT2D eigenvalue weighted by molar-refractivity contribution is 5.93. The van der Waals surface area contributed by atoms with Crippen LogP contribution in [0.4, 0.5) is 11.5 Å². The van der Waals surface area contributed by atoms with Crippen LogP contribution in [0.5, 0.6) is 0 Å². The van der Waals surface area contributed by atoms with Gasteiger partial charge in [0.2, 0.25) is 5.91 Å². The van der Waals surface area contributed by atoms with Gasteiger partial charge >= 0.3 is 5.97 Å². The molecule has 3 N–H and O–H groups in total. The Morgan fingerprint density at radius 3 is 2.51 bits per heavy atom. The summed E-state index contributed by atoms with van der Waals surface area (Å²) in [5.41, 5.74) is 9.86. The van der Waals surface area contributed by atoms with Crippen molar-refractivity contribution in [3.05, 3.63) is 94.7 Å². The number of amides is 1. The van der Waals surface area contributed by atoms with Crippen molar-refractivity contribution in [2.75, 3.05) is 30.8 Å². The number of piperidine rings is 1. The highest BCUT2D eigenvalue weighted by atomic mass is 16.4. The molecule has 1 saturated carbocycles. The van der Waals surface area contributed by atoms with E-state index in [4.69, 9.17) is 0 Å². The molecule has 4 aromatic rings. The van der Waals surface area contributed by atoms with Gasteiger partial charge < -0.3 is 20.6 Å². The topological polar surface area (TPSA) is 99.5 Å². The standard InChI is InChI=1S/C37H41N5O3/c1-3-23-20-28(13-14-30(23)24-16-18-41(19-17-24)36(43)26-10-11-26)40-33-15-12-25-6-5-9-31(34(25)33)27-7-4-8-29(21-27)42-35(38-2)32(22-39-42)37(44)45/h4-9,13-14,20-22,24,26,33,38,40H,3,10-12,15-19H2,1-2H3,(H,44,45). The number of hydrogen-bond acceptors (Lipinski definition) is 5. The van der Waals surface area contributed by atoms with Crippen molar-refractivity contribution in [1.29, 1.82) is 0 Å². The van der Waals surface area contributed by atoms with Gasteiger partial charge in [0.15, 0.2) is 0 Å². The maximum atomic E-state index is 12.6. The average molecular weight is 604 g/mol. The monoisotopic (exact) mass is 603 g/mol. The number of carboxylic acids is 1. The Kier molecular flexibility index (Phi) is 7.81. The van der Waals surface area contributed by atoms with Crippen LogP contribution in [0.1, 0.15) is 83.6 Å². The number of hydrogen-bond donors (Lipinski definition) is 3. The number of carboxylic acid groups (broad SMARTS) is 1. The largest absolute Gasteiger partial charge is 0.477 e. The van der Waals surface area contributed by atoms with Crippen LogP contribution < -0.4 is 10.6 Å². The third-order valence-electron chi connectivity index (χ3n) is 9.92. The first-order chi connectivity index (χ1) is 21.9. The summed E-state index contributed by atoms with van der Waals surface area (Å²) in [6.45, 7) is 4.00. The summed E-state index contributed by atoms with van der Waals surface area (Å²) in [6.07, 6.45) is 8.64. The summed E-state index contributed by atoms with van der Waals surface area (Å²) < 4.78 is 1.65. The number of likely N-dealkylation sites (tertiary alicyclic amines) is 1. The normalized spacial score (nSPS) is 18.1. The number of carbonyl (C=O) groups excluding carboxylic acids is 1. The lowest BCUT2D eigenvalue weighted by molar-refractivity contribution is -0.133. The van der Waals surface area contributed by atoms with E-state index in [1.807, 2.05) is 12.1 Å². The van der Waals surface area contributed by atoms with Crippen molar-refractivity contribution in [1.82, 2.24) is 14.7 Å². The van der Waals surface area contributed by atoms with Crippen LogP contribution in [0.2, 0.25) is 0 Å². The number of benzene rings is 3. The molecule has 8 heteroatoms. The van der Waals surface area contributed by atoms with Gasteiger partial charge in [0.1, 0.15) is 11.4 Å². The zero-order chi connectivity index (χ0) is 31.1. The summed E-state index contributed by atoms with van der Waals surface area (Å²) in [4.78, 5) is 26.4. The number of fused-ring (bicyclic) bond motifs is 1. The molecular weight excluding hydrogens is 562 g/mol. The number of carbonyl (C=O) groups is 2. The average Bonchev–Trinajstić information content (AvgIpc) is 3.70. The molecule has 8 nitrogen and oxygen atoms in total. The van der Waals surface area contributed by atoms with Crippen LogP contribution in [-0.4, -0.2) is 51.8 Å². The molecule has 1 unspecified atom stereocenters. The second-order valence-corrected chi connectivity index (χ2v) is 12.7. The van der Waals surface area contributed by atoms with Crippen LogP contribution in [0, 0.1) is 5.92 Å². The lowest BCUT2D eigenvalue weighted by atomic mass is 9.85. The summed E-state index contributed by atoms with van der Waals surface area (Å²) in [6, 6.07) is 21.8. The Balaban J connectivity index is 1.12. The second-order valence-electron chi connectivity index (χ2n) is 12.7. The van der Waals surface area contributed by atoms with Gasteiger partial charge in [-0.2, -0.15) is 5.10 Å². The fourth-order valence-electron chi connectivity index (χ4n) is 7.43. The molecule has 7 rings (SSSR count). The SMILES string of the molecule is CCc1cc(NC2CCc3cccc(-c4cccc(-n5ncc(C(=O)O)c5NC)c4)c32)ccc1C1CCN(C(=O)C2CC2)CC1. The summed E-state index contributed by atoms with van der Waals surface area (Å²) >= 11 is 0. The predicted molar refractivity (Wildman–Crippen MR) is 177 cm³/mol. The minimum absolute atomic E-state index is 0.138. The maximum Gasteiger partial charge on any atom is 0.341 e. The Bertz CT molecular complexity index is 1750. The number of aromatic carboxylic acids is 1. The number of anilines is 2. The molecule has 1 amide bonds. The highest BCUT2D eigenvalue weighted by Gasteiger charge is 2.35. The Labute approximate surface area is 264 Å². The van der Waals surface area contributed by atoms with Gasteiger partial charge in [0.05, 0.1) is 17.9 Å². The zero-order valence-corrected chi connectivity index (χ0v) is 26.1. The minimum Gasteiger partial charge on any atom is -0.477 e. The molecule has 45 heavy (non-hydrogen) atoms. The van der Waals surface area contributed by atoms with E-state index in [9.17, 15) is 14.7 Å². The van der Waals surface area contributed by atoms with Crippen LogP contribution in [-0.2, 0) is 17.6 Å². The first-order valence-corrected chi connectivity index (χ1v) is 16.3. The molecule has 2 aliphatic carbocycles. The van der Waals surface area contributed by atoms with Crippen molar-refractivity contribution in [2.24, 2.45) is 5.92 Å². The Hall–Kier alpha value is -4.59. The molecule has 1 saturated heterocycles. The number of aromatic nitrogens is 2. The van der Waals surface area contributed by atoms with E-state index in [1.165, 1.54) is 34.0 Å². The minimum atomic E-state index is -1.01. The van der Waals surface area contributed by atoms with Crippen LogP contribution >= 0.6 is 0 Å². The van der Waals surface area contributed by atoms with E-state index in [0.717, 1.165) is 75.0 Å². The van der Waals surface area contributed by atoms with E-state index < -0.39 is 5.97 Å². The molecular formula is C37H41N5O3. The molecule has 2 fully saturated rings. The molecule has 1 aromatic heterocycles. The molecule has 3 aromatic carbocycles. The lowest BCUT2D eigenvalue weighted by Crippen LogP contribution is -2.38. The van der Waals surface area contributed by atoms with Crippen LogP contribution in [0.3, 0.4) is 0 Å². The van der Waals surface area contributed by atoms with Crippen molar-refractivity contribution in [3.8, 4) is 16.8 Å². The fraction of sp³-hybridized carbons (Fsp3) is 0.378. The number of aryl methyl sites for hydroxylation is 2. The number of nitrogens with one attached hydrogen (secondary N) is 2. The molecule has 0 radical (unpaired) electrons. The lowest BCUT2D eigenvalue weighted by Gasteiger charge is -2.33. The second kappa shape index (κ2) is 12.1. The van der Waals surface area contributed by atoms with Gasteiger partial charge in [-0.1, -0.05) is 43.3 Å². The maximum absolute atomic E-state index is 12.6. The Morgan fingerprint density at radius 1 is 0.978 bits per heavy atom. The molecule has 0 bridgehead atoms. The molecule has 3 aliphatic rings. The molecule has 1 aliphatic heterocycles. The number of rotatable bonds is 9. The summed E-state index contributed by atoms with van der Waals surface area (Å²) in [7, 11) is 1.71. The zero-order valence-electron chi connectivity index (χ0n) is 26.1. The van der Waals surface area contributed by atoms with Gasteiger partial charge in [0.25, 0.3) is 0 Å². The third-order valence-corrected chi connectivity index (χ3v) is 9.92. The van der Waals surface area contributed by atoms with E-state index in [-0.39, 0.29) is 11.6 Å². The number of nitrogens with zero attached hydrogens (tertiary/aromatic N) is 3. The van der Waals surface area contributed by atoms with Gasteiger partial charge in [-0.3, -0.25) is 4.79 Å². The molecule has 0 spiro atoms. The Morgan fingerprint density at radius 2 is 1.78 bits per heavy atom. The predicted octanol–water partition coefficient (Wildman–Crippen LogP) is 7.06. The third kappa shape index (κ3) is 5.58. The fourth-order valence-corrected chi connectivity index (χ4v) is 7.43. The van der Waals surface area contributed by atoms with Crippen molar-refractivity contribution in [2.45, 2.75) is 63.8 Å². The molecule has 1 atom stereocenters. The quantitative estimate of drug-likeness (QED) is 0.190. The first kappa shape index (κ1) is 29.1. The molecule has 2 heterocycles. The van der Waals surface area contributed by atoms with Crippen molar-refractivity contribution >= 4 is 23.4 Å². The van der Waals surface area contributed by atoms with Crippen molar-refractivity contribution in [3.63, 3.8) is 0 Å². The van der Waals surface area contributed by atoms with E-state index in [2.05, 4.69) is 76.1 Å². The smallest absolute Gasteiger partial charge is 0.341 e. The van der Waals surface area contributed by atoms with Gasteiger partial charge in [-0.25, -0.2) is 9.48 Å². The first-order valence-electron chi connectivity index (χ1n) is 16.3. The van der Waals surface area contributed by atoms with Crippen LogP contribution in [0.15, 0.2) is 66.9 Å². The summed E-state index contributed by atoms with van der Waals surface area (Å²) in [5, 5.41) is 20.9. The van der Waals surface area contributed by atoms with E-state index >= 15 is 0 Å².